The molecule has 176 valence electrons. The molecule has 6 nitrogen and oxygen atoms in total. The van der Waals surface area contributed by atoms with E-state index in [0.717, 1.165) is 34.6 Å². The minimum Gasteiger partial charge on any atom is -0.295 e. The molecule has 0 bridgehead atoms. The number of rotatable bonds is 7. The highest BCUT2D eigenvalue weighted by Crippen LogP contribution is 2.33. The molecule has 0 atom stereocenters. The molecule has 0 unspecified atom stereocenters. The van der Waals surface area contributed by atoms with E-state index in [9.17, 15) is 4.79 Å². The fourth-order valence-corrected chi connectivity index (χ4v) is 4.30. The lowest BCUT2D eigenvalue weighted by Crippen LogP contribution is -2.46. The Morgan fingerprint density at radius 2 is 1.51 bits per heavy atom. The maximum atomic E-state index is 12.9. The van der Waals surface area contributed by atoms with Crippen LogP contribution in [0.4, 0.5) is 0 Å². The van der Waals surface area contributed by atoms with Crippen molar-refractivity contribution in [2.75, 3.05) is 7.05 Å². The van der Waals surface area contributed by atoms with Gasteiger partial charge in [0.15, 0.2) is 0 Å². The van der Waals surface area contributed by atoms with Gasteiger partial charge < -0.3 is 0 Å². The quantitative estimate of drug-likeness (QED) is 0.336. The lowest BCUT2D eigenvalue weighted by atomic mass is 10.0. The number of fused-ring (bicyclic) bond motifs is 1. The van der Waals surface area contributed by atoms with E-state index in [2.05, 4.69) is 37.9 Å². The SMILES string of the molecule is CN(Cc1ccccc1)C(C)(C)Cn1nc(-c2c(-c3ccccc3)nn3ccccc23)ccc1=O. The van der Waals surface area contributed by atoms with Crippen LogP contribution < -0.4 is 5.56 Å². The molecule has 6 heteroatoms. The molecule has 0 aliphatic rings. The standard InChI is InChI=1S/C29H29N5O/c1-29(2,32(3)20-22-12-6-4-7-13-22)21-34-26(35)18-17-24(30-34)27-25-16-10-11-19-33(25)31-28(27)23-14-8-5-9-15-23/h4-19H,20-21H2,1-3H3. The molecule has 0 saturated heterocycles. The van der Waals surface area contributed by atoms with Crippen molar-refractivity contribution in [2.24, 2.45) is 0 Å². The van der Waals surface area contributed by atoms with Gasteiger partial charge in [0.05, 0.1) is 23.3 Å². The molecule has 0 N–H and O–H groups in total. The van der Waals surface area contributed by atoms with Crippen molar-refractivity contribution in [3.8, 4) is 22.5 Å². The molecular formula is C29H29N5O. The van der Waals surface area contributed by atoms with Gasteiger partial charge in [0.25, 0.3) is 5.56 Å². The molecule has 5 aromatic rings. The Kier molecular flexibility index (Phi) is 6.05. The third-order valence-electron chi connectivity index (χ3n) is 6.54. The van der Waals surface area contributed by atoms with Crippen molar-refractivity contribution in [3.05, 3.63) is 113 Å². The summed E-state index contributed by atoms with van der Waals surface area (Å²) in [5.41, 5.74) is 5.26. The number of pyridine rings is 1. The second-order valence-electron chi connectivity index (χ2n) is 9.49. The van der Waals surface area contributed by atoms with Crippen molar-refractivity contribution in [1.29, 1.82) is 0 Å². The van der Waals surface area contributed by atoms with Gasteiger partial charge in [0.2, 0.25) is 0 Å². The van der Waals surface area contributed by atoms with Crippen molar-refractivity contribution < 1.29 is 0 Å². The van der Waals surface area contributed by atoms with E-state index < -0.39 is 0 Å². The average molecular weight is 464 g/mol. The van der Waals surface area contributed by atoms with Crippen LogP contribution in [0, 0.1) is 0 Å². The van der Waals surface area contributed by atoms with Gasteiger partial charge in [-0.05, 0) is 44.7 Å². The van der Waals surface area contributed by atoms with E-state index in [-0.39, 0.29) is 11.1 Å². The monoisotopic (exact) mass is 463 g/mol. The molecule has 2 aromatic carbocycles. The third kappa shape index (κ3) is 4.66. The van der Waals surface area contributed by atoms with Crippen molar-refractivity contribution in [2.45, 2.75) is 32.5 Å². The predicted octanol–water partition coefficient (Wildman–Crippen LogP) is 5.14. The summed E-state index contributed by atoms with van der Waals surface area (Å²) in [6.07, 6.45) is 1.93. The van der Waals surface area contributed by atoms with Gasteiger partial charge in [-0.3, -0.25) is 9.69 Å². The Morgan fingerprint density at radius 1 is 0.829 bits per heavy atom. The summed E-state index contributed by atoms with van der Waals surface area (Å²) >= 11 is 0. The van der Waals surface area contributed by atoms with Gasteiger partial charge in [-0.2, -0.15) is 10.2 Å². The number of hydrogen-bond donors (Lipinski definition) is 0. The molecule has 0 amide bonds. The van der Waals surface area contributed by atoms with Crippen molar-refractivity contribution >= 4 is 5.52 Å². The molecule has 0 aliphatic carbocycles. The zero-order chi connectivity index (χ0) is 24.4. The first-order valence-corrected chi connectivity index (χ1v) is 11.8. The highest BCUT2D eigenvalue weighted by molar-refractivity contribution is 5.90. The minimum atomic E-state index is -0.297. The molecule has 3 aromatic heterocycles. The lowest BCUT2D eigenvalue weighted by molar-refractivity contribution is 0.121. The van der Waals surface area contributed by atoms with Gasteiger partial charge >= 0.3 is 0 Å². The van der Waals surface area contributed by atoms with Crippen LogP contribution in [0.2, 0.25) is 0 Å². The van der Waals surface area contributed by atoms with Gasteiger partial charge in [0, 0.05) is 29.9 Å². The first-order chi connectivity index (χ1) is 16.9. The van der Waals surface area contributed by atoms with Gasteiger partial charge in [-0.25, -0.2) is 9.20 Å². The molecule has 0 spiro atoms. The summed E-state index contributed by atoms with van der Waals surface area (Å²) in [7, 11) is 2.08. The molecule has 3 heterocycles. The smallest absolute Gasteiger partial charge is 0.266 e. The van der Waals surface area contributed by atoms with E-state index in [1.807, 2.05) is 77.4 Å². The molecule has 0 fully saturated rings. The van der Waals surface area contributed by atoms with Gasteiger partial charge in [-0.15, -0.1) is 0 Å². The van der Waals surface area contributed by atoms with Crippen molar-refractivity contribution in [1.82, 2.24) is 24.3 Å². The van der Waals surface area contributed by atoms with E-state index in [4.69, 9.17) is 10.2 Å². The van der Waals surface area contributed by atoms with Crippen LogP contribution in [-0.4, -0.2) is 36.9 Å². The minimum absolute atomic E-state index is 0.118. The first kappa shape index (κ1) is 22.7. The van der Waals surface area contributed by atoms with Gasteiger partial charge in [-0.1, -0.05) is 66.7 Å². The predicted molar refractivity (Wildman–Crippen MR) is 140 cm³/mol. The second kappa shape index (κ2) is 9.31. The number of hydrogen-bond acceptors (Lipinski definition) is 4. The topological polar surface area (TPSA) is 55.4 Å². The lowest BCUT2D eigenvalue weighted by Gasteiger charge is -2.35. The summed E-state index contributed by atoms with van der Waals surface area (Å²) in [6, 6.07) is 29.8. The molecule has 0 aliphatic heterocycles. The number of likely N-dealkylation sites (N-methyl/N-ethyl adjacent to an activating group) is 1. The second-order valence-corrected chi connectivity index (χ2v) is 9.49. The summed E-state index contributed by atoms with van der Waals surface area (Å²) in [5.74, 6) is 0. The van der Waals surface area contributed by atoms with Crippen LogP contribution in [0.1, 0.15) is 19.4 Å². The zero-order valence-electron chi connectivity index (χ0n) is 20.3. The fraction of sp³-hybridized carbons (Fsp3) is 0.207. The van der Waals surface area contributed by atoms with E-state index in [1.54, 1.807) is 16.8 Å². The van der Waals surface area contributed by atoms with Crippen LogP contribution in [0.25, 0.3) is 28.0 Å². The Morgan fingerprint density at radius 3 is 2.26 bits per heavy atom. The molecular weight excluding hydrogens is 434 g/mol. The van der Waals surface area contributed by atoms with E-state index >= 15 is 0 Å². The Balaban J connectivity index is 1.54. The van der Waals surface area contributed by atoms with Crippen LogP contribution in [0.5, 0.6) is 0 Å². The van der Waals surface area contributed by atoms with Crippen LogP contribution in [0.3, 0.4) is 0 Å². The highest BCUT2D eigenvalue weighted by Gasteiger charge is 2.26. The number of benzene rings is 2. The van der Waals surface area contributed by atoms with E-state index in [0.29, 0.717) is 6.54 Å². The fourth-order valence-electron chi connectivity index (χ4n) is 4.30. The normalized spacial score (nSPS) is 11.9. The molecule has 5 rings (SSSR count). The average Bonchev–Trinajstić information content (AvgIpc) is 3.26. The largest absolute Gasteiger partial charge is 0.295 e. The van der Waals surface area contributed by atoms with E-state index in [1.165, 1.54) is 5.56 Å². The maximum absolute atomic E-state index is 12.9. The zero-order valence-corrected chi connectivity index (χ0v) is 20.3. The summed E-state index contributed by atoms with van der Waals surface area (Å²) < 4.78 is 3.45. The first-order valence-electron chi connectivity index (χ1n) is 11.8. The Bertz CT molecular complexity index is 1500. The third-order valence-corrected chi connectivity index (χ3v) is 6.54. The molecule has 0 radical (unpaired) electrons. The molecule has 0 saturated carbocycles. The molecule has 35 heavy (non-hydrogen) atoms. The van der Waals surface area contributed by atoms with Crippen LogP contribution in [-0.2, 0) is 13.1 Å². The van der Waals surface area contributed by atoms with Gasteiger partial charge in [0.1, 0.15) is 5.69 Å². The summed E-state index contributed by atoms with van der Waals surface area (Å²) in [6.45, 7) is 5.53. The van der Waals surface area contributed by atoms with Crippen LogP contribution >= 0.6 is 0 Å². The summed E-state index contributed by atoms with van der Waals surface area (Å²) in [4.78, 5) is 15.1. The highest BCUT2D eigenvalue weighted by atomic mass is 16.1. The van der Waals surface area contributed by atoms with Crippen molar-refractivity contribution in [3.63, 3.8) is 0 Å². The number of aromatic nitrogens is 4. The van der Waals surface area contributed by atoms with Crippen LogP contribution in [0.15, 0.2) is 102 Å². The Labute approximate surface area is 205 Å². The maximum Gasteiger partial charge on any atom is 0.266 e. The summed E-state index contributed by atoms with van der Waals surface area (Å²) in [5, 5.41) is 9.69. The Hall–Kier alpha value is -4.03. The number of nitrogens with zero attached hydrogens (tertiary/aromatic N) is 5.